The fourth-order valence-electron chi connectivity index (χ4n) is 5.12. The molecule has 2 heterocycles. The molecule has 1 saturated heterocycles. The van der Waals surface area contributed by atoms with Gasteiger partial charge in [-0.2, -0.15) is 5.10 Å². The molecule has 12 heteroatoms. The summed E-state index contributed by atoms with van der Waals surface area (Å²) < 4.78 is 37.9. The van der Waals surface area contributed by atoms with Gasteiger partial charge in [0, 0.05) is 38.7 Å². The summed E-state index contributed by atoms with van der Waals surface area (Å²) in [5, 5.41) is 17.9. The van der Waals surface area contributed by atoms with Crippen LogP contribution in [0.4, 0.5) is 4.39 Å². The van der Waals surface area contributed by atoms with Crippen molar-refractivity contribution in [1.82, 2.24) is 15.2 Å². The predicted octanol–water partition coefficient (Wildman–Crippen LogP) is 2.75. The van der Waals surface area contributed by atoms with Crippen LogP contribution in [-0.4, -0.2) is 84.2 Å². The number of rotatable bonds is 12. The fourth-order valence-corrected chi connectivity index (χ4v) is 6.78. The molecule has 2 unspecified atom stereocenters. The number of hydrogen-bond acceptors (Lipinski definition) is 7. The number of carbonyl (C=O) groups is 2. The quantitative estimate of drug-likeness (QED) is 0.372. The van der Waals surface area contributed by atoms with Crippen LogP contribution in [-0.2, 0) is 26.0 Å². The number of aliphatic hydroxyl groups excluding tert-OH is 1. The highest BCUT2D eigenvalue weighted by molar-refractivity contribution is 7.92. The number of sulfone groups is 1. The Morgan fingerprint density at radius 1 is 1.32 bits per heavy atom. The largest absolute Gasteiger partial charge is 0.396 e. The first-order valence-corrected chi connectivity index (χ1v) is 14.9. The molecule has 2 aliphatic rings. The summed E-state index contributed by atoms with van der Waals surface area (Å²) in [5.74, 6) is -1.02. The molecule has 1 aromatic carbocycles. The van der Waals surface area contributed by atoms with E-state index in [4.69, 9.17) is 16.7 Å². The maximum atomic E-state index is 13.7. The minimum atomic E-state index is -3.33. The van der Waals surface area contributed by atoms with E-state index in [0.29, 0.717) is 44.3 Å². The lowest BCUT2D eigenvalue weighted by atomic mass is 9.72. The molecular formula is C26H38ClFN4O5S. The molecule has 212 valence electrons. The number of amides is 2. The van der Waals surface area contributed by atoms with Crippen molar-refractivity contribution in [2.24, 2.45) is 10.5 Å². The number of nitrogens with zero attached hydrogens (tertiary/aromatic N) is 3. The van der Waals surface area contributed by atoms with Gasteiger partial charge < -0.3 is 15.3 Å². The molecule has 2 aliphatic heterocycles. The van der Waals surface area contributed by atoms with Gasteiger partial charge in [0.1, 0.15) is 17.6 Å². The Morgan fingerprint density at radius 3 is 2.68 bits per heavy atom. The van der Waals surface area contributed by atoms with Crippen LogP contribution in [0.15, 0.2) is 23.3 Å². The Morgan fingerprint density at radius 2 is 2.03 bits per heavy atom. The Hall–Kier alpha value is -2.24. The van der Waals surface area contributed by atoms with Gasteiger partial charge in [0.2, 0.25) is 5.91 Å². The lowest BCUT2D eigenvalue weighted by Gasteiger charge is -2.42. The van der Waals surface area contributed by atoms with Gasteiger partial charge >= 0.3 is 0 Å². The van der Waals surface area contributed by atoms with Crippen LogP contribution in [0.5, 0.6) is 0 Å². The average molecular weight is 573 g/mol. The number of fused-ring (bicyclic) bond motifs is 1. The van der Waals surface area contributed by atoms with E-state index in [2.05, 4.69) is 10.4 Å². The monoisotopic (exact) mass is 572 g/mol. The number of likely N-dealkylation sites (N-methyl/N-ethyl adjacent to an activating group) is 1. The van der Waals surface area contributed by atoms with Gasteiger partial charge in [-0.25, -0.2) is 12.8 Å². The summed E-state index contributed by atoms with van der Waals surface area (Å²) in [6.45, 7) is 6.04. The number of halogens is 2. The van der Waals surface area contributed by atoms with E-state index in [1.165, 1.54) is 12.1 Å². The molecule has 1 fully saturated rings. The maximum Gasteiger partial charge on any atom is 0.268 e. The van der Waals surface area contributed by atoms with Gasteiger partial charge in [-0.15, -0.1) is 0 Å². The van der Waals surface area contributed by atoms with Crippen LogP contribution in [0, 0.1) is 11.2 Å². The van der Waals surface area contributed by atoms with E-state index in [1.54, 1.807) is 36.9 Å². The normalized spacial score (nSPS) is 21.9. The van der Waals surface area contributed by atoms with Gasteiger partial charge in [0.15, 0.2) is 9.84 Å². The standard InChI is InChI=1S/C26H38ClFN4O5S/c1-25(2,11-14-33)38(36,37)15-7-5-6-12-32-13-10-26(3)21(30-31(4)22(26)24(32)35)23(34)29-17-18-8-9-19(27)20(28)16-18/h8-9,16,22,33H,5-7,10-15,17H2,1-4H3,(H,29,34). The van der Waals surface area contributed by atoms with Crippen LogP contribution >= 0.6 is 11.6 Å². The van der Waals surface area contributed by atoms with E-state index in [1.807, 2.05) is 6.92 Å². The zero-order chi connectivity index (χ0) is 28.3. The van der Waals surface area contributed by atoms with Crippen LogP contribution < -0.4 is 5.32 Å². The van der Waals surface area contributed by atoms with E-state index < -0.39 is 37.8 Å². The lowest BCUT2D eigenvalue weighted by molar-refractivity contribution is -0.143. The van der Waals surface area contributed by atoms with Crippen molar-refractivity contribution in [3.63, 3.8) is 0 Å². The average Bonchev–Trinajstić information content (AvgIpc) is 3.11. The zero-order valence-electron chi connectivity index (χ0n) is 22.5. The minimum Gasteiger partial charge on any atom is -0.396 e. The number of aliphatic hydroxyl groups is 1. The number of carbonyl (C=O) groups excluding carboxylic acids is 2. The highest BCUT2D eigenvalue weighted by Crippen LogP contribution is 2.41. The number of hydrazone groups is 1. The molecule has 0 radical (unpaired) electrons. The topological polar surface area (TPSA) is 119 Å². The van der Waals surface area contributed by atoms with E-state index in [9.17, 15) is 22.4 Å². The molecule has 0 bridgehead atoms. The first-order valence-electron chi connectivity index (χ1n) is 12.9. The van der Waals surface area contributed by atoms with Crippen LogP contribution in [0.25, 0.3) is 0 Å². The molecule has 0 aliphatic carbocycles. The number of benzene rings is 1. The molecule has 2 atom stereocenters. The molecule has 2 amide bonds. The Bertz CT molecular complexity index is 1190. The van der Waals surface area contributed by atoms with Crippen molar-refractivity contribution in [2.45, 2.75) is 70.2 Å². The van der Waals surface area contributed by atoms with Crippen molar-refractivity contribution in [2.75, 3.05) is 32.5 Å². The van der Waals surface area contributed by atoms with Crippen LogP contribution in [0.2, 0.25) is 5.02 Å². The predicted molar refractivity (Wildman–Crippen MR) is 145 cm³/mol. The second-order valence-electron chi connectivity index (χ2n) is 11.0. The summed E-state index contributed by atoms with van der Waals surface area (Å²) in [7, 11) is -1.65. The Balaban J connectivity index is 1.53. The third-order valence-corrected chi connectivity index (χ3v) is 10.8. The molecular weight excluding hydrogens is 535 g/mol. The second kappa shape index (κ2) is 11.9. The first-order chi connectivity index (χ1) is 17.7. The smallest absolute Gasteiger partial charge is 0.268 e. The van der Waals surface area contributed by atoms with Gasteiger partial charge in [-0.1, -0.05) is 31.0 Å². The van der Waals surface area contributed by atoms with Gasteiger partial charge in [-0.05, 0) is 57.2 Å². The molecule has 38 heavy (non-hydrogen) atoms. The fraction of sp³-hybridized carbons (Fsp3) is 0.654. The van der Waals surface area contributed by atoms with Crippen molar-refractivity contribution >= 4 is 39.0 Å². The SMILES string of the molecule is CN1N=C(C(=O)NCc2ccc(Cl)c(F)c2)C2(C)CCN(CCCCCS(=O)(=O)C(C)(C)CCO)C(=O)C12. The summed E-state index contributed by atoms with van der Waals surface area (Å²) in [6.07, 6.45) is 2.57. The van der Waals surface area contributed by atoms with Gasteiger partial charge in [0.25, 0.3) is 5.91 Å². The van der Waals surface area contributed by atoms with E-state index in [-0.39, 0.29) is 42.0 Å². The molecule has 0 spiro atoms. The van der Waals surface area contributed by atoms with E-state index >= 15 is 0 Å². The number of unbranched alkanes of at least 4 members (excludes halogenated alkanes) is 2. The summed E-state index contributed by atoms with van der Waals surface area (Å²) in [4.78, 5) is 28.2. The third kappa shape index (κ3) is 6.31. The second-order valence-corrected chi connectivity index (χ2v) is 14.1. The highest BCUT2D eigenvalue weighted by atomic mass is 35.5. The molecule has 0 aromatic heterocycles. The Kier molecular flexibility index (Phi) is 9.47. The number of nitrogens with one attached hydrogen (secondary N) is 1. The molecule has 0 saturated carbocycles. The molecule has 2 N–H and O–H groups in total. The highest BCUT2D eigenvalue weighted by Gasteiger charge is 2.56. The van der Waals surface area contributed by atoms with Crippen molar-refractivity contribution in [1.29, 1.82) is 0 Å². The van der Waals surface area contributed by atoms with Crippen molar-refractivity contribution in [3.05, 3.63) is 34.6 Å². The minimum absolute atomic E-state index is 0.00882. The first kappa shape index (κ1) is 30.3. The molecule has 3 rings (SSSR count). The van der Waals surface area contributed by atoms with Crippen molar-refractivity contribution in [3.8, 4) is 0 Å². The lowest BCUT2D eigenvalue weighted by Crippen LogP contribution is -2.59. The number of hydrogen-bond donors (Lipinski definition) is 2. The van der Waals surface area contributed by atoms with Gasteiger partial charge in [0.05, 0.1) is 15.5 Å². The third-order valence-electron chi connectivity index (χ3n) is 7.77. The van der Waals surface area contributed by atoms with Gasteiger partial charge in [-0.3, -0.25) is 14.6 Å². The van der Waals surface area contributed by atoms with Crippen LogP contribution in [0.3, 0.4) is 0 Å². The molecule has 9 nitrogen and oxygen atoms in total. The zero-order valence-corrected chi connectivity index (χ0v) is 24.0. The summed E-state index contributed by atoms with van der Waals surface area (Å²) in [5.41, 5.74) is 0.0806. The molecule has 1 aromatic rings. The summed E-state index contributed by atoms with van der Waals surface area (Å²) >= 11 is 5.72. The van der Waals surface area contributed by atoms with E-state index in [0.717, 1.165) is 0 Å². The maximum absolute atomic E-state index is 13.7. The number of piperidine rings is 1. The Labute approximate surface area is 229 Å². The van der Waals surface area contributed by atoms with Crippen LogP contribution in [0.1, 0.15) is 58.4 Å². The summed E-state index contributed by atoms with van der Waals surface area (Å²) in [6, 6.07) is 3.72. The van der Waals surface area contributed by atoms with Crippen molar-refractivity contribution < 1.29 is 27.5 Å². The number of likely N-dealkylation sites (tertiary alicyclic amines) is 1.